The quantitative estimate of drug-likeness (QED) is 0.863. The van der Waals surface area contributed by atoms with Gasteiger partial charge in [0.05, 0.1) is 16.6 Å². The molecule has 9 heteroatoms. The normalized spacial score (nSPS) is 12.6. The van der Waals surface area contributed by atoms with Crippen LogP contribution in [0.25, 0.3) is 0 Å². The van der Waals surface area contributed by atoms with Gasteiger partial charge in [-0.1, -0.05) is 23.7 Å². The molecule has 0 radical (unpaired) electrons. The van der Waals surface area contributed by atoms with Crippen LogP contribution in [-0.2, 0) is 16.0 Å². The van der Waals surface area contributed by atoms with Crippen LogP contribution >= 0.6 is 11.6 Å². The first-order chi connectivity index (χ1) is 10.0. The van der Waals surface area contributed by atoms with Crippen LogP contribution in [0.1, 0.15) is 22.8 Å². The molecule has 1 aromatic rings. The summed E-state index contributed by atoms with van der Waals surface area (Å²) >= 11 is 5.72. The Hall–Kier alpha value is -2.09. The molecule has 120 valence electrons. The van der Waals surface area contributed by atoms with Crippen LogP contribution in [0, 0.1) is 0 Å². The molecule has 1 rings (SSSR count). The number of rotatable bonds is 5. The molecule has 0 aliphatic heterocycles. The standard InChI is InChI=1S/C13H11ClF3NO4/c1-6(18-12(22)13(15,16)17)9(19)5-7-3-2-4-8(14)10(7)11(20)21/h2-4,6H,5H2,1H3,(H,18,22)(H,20,21)/t6-/m0/s1. The number of carboxylic acids is 1. The van der Waals surface area contributed by atoms with Gasteiger partial charge in [0.25, 0.3) is 0 Å². The minimum absolute atomic E-state index is 0.0538. The Morgan fingerprint density at radius 2 is 1.91 bits per heavy atom. The van der Waals surface area contributed by atoms with Gasteiger partial charge in [0.1, 0.15) is 0 Å². The largest absolute Gasteiger partial charge is 0.478 e. The van der Waals surface area contributed by atoms with Crippen molar-refractivity contribution in [3.8, 4) is 0 Å². The molecule has 0 spiro atoms. The highest BCUT2D eigenvalue weighted by atomic mass is 35.5. The van der Waals surface area contributed by atoms with Gasteiger partial charge in [-0.3, -0.25) is 9.59 Å². The van der Waals surface area contributed by atoms with Crippen molar-refractivity contribution in [2.24, 2.45) is 0 Å². The number of aromatic carboxylic acids is 1. The maximum absolute atomic E-state index is 12.1. The Balaban J connectivity index is 2.88. The molecular formula is C13H11ClF3NO4. The van der Waals surface area contributed by atoms with Crippen LogP contribution in [-0.4, -0.2) is 35.0 Å². The number of halogens is 4. The molecule has 0 aliphatic carbocycles. The lowest BCUT2D eigenvalue weighted by Gasteiger charge is -2.15. The van der Waals surface area contributed by atoms with E-state index in [1.807, 2.05) is 0 Å². The second kappa shape index (κ2) is 6.78. The van der Waals surface area contributed by atoms with E-state index in [4.69, 9.17) is 16.7 Å². The molecule has 5 nitrogen and oxygen atoms in total. The number of carbonyl (C=O) groups is 3. The molecule has 1 amide bonds. The van der Waals surface area contributed by atoms with E-state index in [1.165, 1.54) is 23.5 Å². The fourth-order valence-corrected chi connectivity index (χ4v) is 1.93. The number of Topliss-reactive ketones (excluding diaryl/α,β-unsaturated/α-hetero) is 1. The molecule has 22 heavy (non-hydrogen) atoms. The Bertz CT molecular complexity index is 616. The van der Waals surface area contributed by atoms with E-state index in [0.717, 1.165) is 6.92 Å². The summed E-state index contributed by atoms with van der Waals surface area (Å²) in [6, 6.07) is 2.63. The minimum atomic E-state index is -5.10. The van der Waals surface area contributed by atoms with Crippen molar-refractivity contribution >= 4 is 29.3 Å². The maximum atomic E-state index is 12.1. The van der Waals surface area contributed by atoms with Crippen LogP contribution in [0.2, 0.25) is 5.02 Å². The highest BCUT2D eigenvalue weighted by Gasteiger charge is 2.40. The van der Waals surface area contributed by atoms with Crippen molar-refractivity contribution in [1.82, 2.24) is 5.32 Å². The molecule has 0 saturated heterocycles. The predicted octanol–water partition coefficient (Wildman–Crippen LogP) is 2.22. The molecule has 0 fully saturated rings. The van der Waals surface area contributed by atoms with E-state index in [9.17, 15) is 27.6 Å². The van der Waals surface area contributed by atoms with Crippen molar-refractivity contribution < 1.29 is 32.7 Å². The van der Waals surface area contributed by atoms with Crippen molar-refractivity contribution in [2.75, 3.05) is 0 Å². The summed E-state index contributed by atoms with van der Waals surface area (Å²) in [6.45, 7) is 1.08. The summed E-state index contributed by atoms with van der Waals surface area (Å²) in [7, 11) is 0. The van der Waals surface area contributed by atoms with Crippen molar-refractivity contribution in [3.63, 3.8) is 0 Å². The highest BCUT2D eigenvalue weighted by Crippen LogP contribution is 2.21. The number of carboxylic acid groups (broad SMARTS) is 1. The van der Waals surface area contributed by atoms with E-state index in [1.54, 1.807) is 0 Å². The summed E-state index contributed by atoms with van der Waals surface area (Å²) in [4.78, 5) is 33.7. The lowest BCUT2D eigenvalue weighted by molar-refractivity contribution is -0.174. The Labute approximate surface area is 128 Å². The van der Waals surface area contributed by atoms with Gasteiger partial charge >= 0.3 is 18.1 Å². The molecule has 0 heterocycles. The Kier molecular flexibility index (Phi) is 5.54. The zero-order chi connectivity index (χ0) is 17.1. The van der Waals surface area contributed by atoms with Gasteiger partial charge < -0.3 is 10.4 Å². The molecule has 0 aromatic heterocycles. The first-order valence-electron chi connectivity index (χ1n) is 5.95. The van der Waals surface area contributed by atoms with Gasteiger partial charge in [-0.15, -0.1) is 0 Å². The van der Waals surface area contributed by atoms with Gasteiger partial charge in [0.15, 0.2) is 5.78 Å². The molecule has 0 unspecified atom stereocenters. The second-order valence-electron chi connectivity index (χ2n) is 4.42. The van der Waals surface area contributed by atoms with Gasteiger partial charge in [0.2, 0.25) is 0 Å². The highest BCUT2D eigenvalue weighted by molar-refractivity contribution is 6.33. The third-order valence-corrected chi connectivity index (χ3v) is 3.08. The number of amides is 1. The van der Waals surface area contributed by atoms with Crippen LogP contribution in [0.5, 0.6) is 0 Å². The predicted molar refractivity (Wildman–Crippen MR) is 70.8 cm³/mol. The smallest absolute Gasteiger partial charge is 0.471 e. The van der Waals surface area contributed by atoms with Gasteiger partial charge in [-0.2, -0.15) is 13.2 Å². The van der Waals surface area contributed by atoms with Gasteiger partial charge in [-0.05, 0) is 18.6 Å². The number of nitrogens with one attached hydrogen (secondary N) is 1. The number of hydrogen-bond donors (Lipinski definition) is 2. The summed E-state index contributed by atoms with van der Waals surface area (Å²) in [5.74, 6) is -4.37. The molecule has 2 N–H and O–H groups in total. The minimum Gasteiger partial charge on any atom is -0.478 e. The SMILES string of the molecule is C[C@H](NC(=O)C(F)(F)F)C(=O)Cc1cccc(Cl)c1C(=O)O. The first kappa shape index (κ1) is 18.0. The number of hydrogen-bond acceptors (Lipinski definition) is 3. The average molecular weight is 338 g/mol. The lowest BCUT2D eigenvalue weighted by atomic mass is 9.99. The van der Waals surface area contributed by atoms with Crippen LogP contribution in [0.4, 0.5) is 13.2 Å². The fourth-order valence-electron chi connectivity index (χ4n) is 1.66. The zero-order valence-electron chi connectivity index (χ0n) is 11.2. The lowest BCUT2D eigenvalue weighted by Crippen LogP contribution is -2.45. The summed E-state index contributed by atoms with van der Waals surface area (Å²) in [5.41, 5.74) is -0.245. The topological polar surface area (TPSA) is 83.5 Å². The summed E-state index contributed by atoms with van der Waals surface area (Å²) < 4.78 is 36.3. The average Bonchev–Trinajstić information content (AvgIpc) is 2.36. The van der Waals surface area contributed by atoms with Crippen molar-refractivity contribution in [3.05, 3.63) is 34.3 Å². The number of benzene rings is 1. The van der Waals surface area contributed by atoms with E-state index >= 15 is 0 Å². The van der Waals surface area contributed by atoms with E-state index in [0.29, 0.717) is 0 Å². The summed E-state index contributed by atoms with van der Waals surface area (Å²) in [5, 5.41) is 10.5. The molecule has 0 bridgehead atoms. The van der Waals surface area contributed by atoms with E-state index in [2.05, 4.69) is 0 Å². The second-order valence-corrected chi connectivity index (χ2v) is 4.82. The Morgan fingerprint density at radius 3 is 2.41 bits per heavy atom. The molecule has 1 aromatic carbocycles. The number of carbonyl (C=O) groups excluding carboxylic acids is 2. The Morgan fingerprint density at radius 1 is 1.32 bits per heavy atom. The number of alkyl halides is 3. The number of ketones is 1. The van der Waals surface area contributed by atoms with Crippen LogP contribution in [0.3, 0.4) is 0 Å². The van der Waals surface area contributed by atoms with Crippen LogP contribution in [0.15, 0.2) is 18.2 Å². The monoisotopic (exact) mass is 337 g/mol. The third-order valence-electron chi connectivity index (χ3n) is 2.77. The third kappa shape index (κ3) is 4.45. The zero-order valence-corrected chi connectivity index (χ0v) is 12.0. The molecule has 1 atom stereocenters. The van der Waals surface area contributed by atoms with E-state index < -0.39 is 36.3 Å². The maximum Gasteiger partial charge on any atom is 0.471 e. The van der Waals surface area contributed by atoms with Crippen molar-refractivity contribution in [1.29, 1.82) is 0 Å². The molecule has 0 saturated carbocycles. The van der Waals surface area contributed by atoms with Crippen molar-refractivity contribution in [2.45, 2.75) is 25.6 Å². The van der Waals surface area contributed by atoms with Gasteiger partial charge in [0, 0.05) is 6.42 Å². The van der Waals surface area contributed by atoms with Crippen LogP contribution < -0.4 is 5.32 Å². The molecular weight excluding hydrogens is 327 g/mol. The van der Waals surface area contributed by atoms with E-state index in [-0.39, 0.29) is 16.1 Å². The van der Waals surface area contributed by atoms with Gasteiger partial charge in [-0.25, -0.2) is 4.79 Å². The molecule has 0 aliphatic rings. The summed E-state index contributed by atoms with van der Waals surface area (Å²) in [6.07, 6.45) is -5.57. The first-order valence-corrected chi connectivity index (χ1v) is 6.33. The fraction of sp³-hybridized carbons (Fsp3) is 0.308.